The molecule has 2 rings (SSSR count). The summed E-state index contributed by atoms with van der Waals surface area (Å²) >= 11 is 0. The lowest BCUT2D eigenvalue weighted by Gasteiger charge is -2.14. The van der Waals surface area contributed by atoms with Crippen molar-refractivity contribution < 1.29 is 4.74 Å². The number of anilines is 1. The van der Waals surface area contributed by atoms with E-state index in [1.807, 2.05) is 0 Å². The molecule has 1 N–H and O–H groups in total. The van der Waals surface area contributed by atoms with Crippen LogP contribution in [0.4, 0.5) is 5.69 Å². The standard InChI is InChI=1S/C11H15NO/c1-13-11-7-4-8-12-10-6-3-2-5-9(10)11/h2-3,5-6,11-12H,4,7-8H2,1H3/t11-/m1/s1. The maximum atomic E-state index is 5.46. The second-order valence-corrected chi connectivity index (χ2v) is 3.38. The van der Waals surface area contributed by atoms with Gasteiger partial charge in [0, 0.05) is 24.9 Å². The van der Waals surface area contributed by atoms with Crippen LogP contribution in [0.2, 0.25) is 0 Å². The highest BCUT2D eigenvalue weighted by molar-refractivity contribution is 5.52. The largest absolute Gasteiger partial charge is 0.385 e. The quantitative estimate of drug-likeness (QED) is 0.712. The van der Waals surface area contributed by atoms with Crippen LogP contribution in [0.25, 0.3) is 0 Å². The number of hydrogen-bond acceptors (Lipinski definition) is 2. The molecule has 70 valence electrons. The molecule has 1 atom stereocenters. The van der Waals surface area contributed by atoms with Crippen LogP contribution in [0, 0.1) is 0 Å². The predicted octanol–water partition coefficient (Wildman–Crippen LogP) is 2.58. The highest BCUT2D eigenvalue weighted by Gasteiger charge is 2.16. The Balaban J connectivity index is 2.35. The first-order valence-electron chi connectivity index (χ1n) is 4.77. The second-order valence-electron chi connectivity index (χ2n) is 3.38. The van der Waals surface area contributed by atoms with Crippen molar-refractivity contribution in [1.82, 2.24) is 0 Å². The van der Waals surface area contributed by atoms with Gasteiger partial charge in [-0.05, 0) is 18.9 Å². The van der Waals surface area contributed by atoms with E-state index < -0.39 is 0 Å². The van der Waals surface area contributed by atoms with E-state index in [0.29, 0.717) is 0 Å². The zero-order valence-corrected chi connectivity index (χ0v) is 7.92. The Kier molecular flexibility index (Phi) is 2.50. The summed E-state index contributed by atoms with van der Waals surface area (Å²) in [4.78, 5) is 0. The van der Waals surface area contributed by atoms with Gasteiger partial charge in [0.15, 0.2) is 0 Å². The van der Waals surface area contributed by atoms with E-state index in [2.05, 4.69) is 29.6 Å². The summed E-state index contributed by atoms with van der Waals surface area (Å²) in [6.45, 7) is 1.05. The van der Waals surface area contributed by atoms with E-state index in [9.17, 15) is 0 Å². The van der Waals surface area contributed by atoms with Gasteiger partial charge in [-0.2, -0.15) is 0 Å². The zero-order valence-electron chi connectivity index (χ0n) is 7.92. The van der Waals surface area contributed by atoms with Crippen LogP contribution in [0.15, 0.2) is 24.3 Å². The van der Waals surface area contributed by atoms with Gasteiger partial charge in [-0.3, -0.25) is 0 Å². The van der Waals surface area contributed by atoms with Gasteiger partial charge in [0.2, 0.25) is 0 Å². The van der Waals surface area contributed by atoms with Crippen molar-refractivity contribution in [2.24, 2.45) is 0 Å². The average Bonchev–Trinajstić information content (AvgIpc) is 2.39. The third-order valence-corrected chi connectivity index (χ3v) is 2.55. The first-order chi connectivity index (χ1) is 6.42. The van der Waals surface area contributed by atoms with Crippen LogP contribution in [0.1, 0.15) is 24.5 Å². The van der Waals surface area contributed by atoms with Gasteiger partial charge in [0.1, 0.15) is 0 Å². The molecule has 0 saturated carbocycles. The van der Waals surface area contributed by atoms with Crippen molar-refractivity contribution in [3.63, 3.8) is 0 Å². The lowest BCUT2D eigenvalue weighted by atomic mass is 10.0. The number of ether oxygens (including phenoxy) is 1. The zero-order chi connectivity index (χ0) is 9.10. The Morgan fingerprint density at radius 1 is 1.38 bits per heavy atom. The number of fused-ring (bicyclic) bond motifs is 1. The molecule has 1 aliphatic heterocycles. The maximum Gasteiger partial charge on any atom is 0.0841 e. The lowest BCUT2D eigenvalue weighted by molar-refractivity contribution is 0.0966. The molecule has 1 aromatic rings. The Labute approximate surface area is 78.9 Å². The van der Waals surface area contributed by atoms with Crippen molar-refractivity contribution in [2.45, 2.75) is 18.9 Å². The summed E-state index contributed by atoms with van der Waals surface area (Å²) in [5.41, 5.74) is 2.52. The van der Waals surface area contributed by atoms with Crippen molar-refractivity contribution in [3.05, 3.63) is 29.8 Å². The minimum absolute atomic E-state index is 0.270. The van der Waals surface area contributed by atoms with Crippen molar-refractivity contribution >= 4 is 5.69 Å². The van der Waals surface area contributed by atoms with Crippen LogP contribution < -0.4 is 5.32 Å². The van der Waals surface area contributed by atoms with E-state index in [-0.39, 0.29) is 6.10 Å². The topological polar surface area (TPSA) is 21.3 Å². The number of nitrogens with one attached hydrogen (secondary N) is 1. The lowest BCUT2D eigenvalue weighted by Crippen LogP contribution is -2.00. The molecule has 0 bridgehead atoms. The molecule has 0 amide bonds. The number of methoxy groups -OCH3 is 1. The smallest absolute Gasteiger partial charge is 0.0841 e. The molecule has 2 heteroatoms. The van der Waals surface area contributed by atoms with Crippen LogP contribution in [-0.2, 0) is 4.74 Å². The normalized spacial score (nSPS) is 21.5. The molecule has 0 fully saturated rings. The summed E-state index contributed by atoms with van der Waals surface area (Å²) in [5.74, 6) is 0. The molecular formula is C11H15NO. The maximum absolute atomic E-state index is 5.46. The summed E-state index contributed by atoms with van der Waals surface area (Å²) in [7, 11) is 1.78. The van der Waals surface area contributed by atoms with Gasteiger partial charge in [-0.1, -0.05) is 18.2 Å². The van der Waals surface area contributed by atoms with Crippen molar-refractivity contribution in [3.8, 4) is 0 Å². The molecule has 0 aliphatic carbocycles. The molecule has 2 nitrogen and oxygen atoms in total. The first-order valence-corrected chi connectivity index (χ1v) is 4.77. The minimum Gasteiger partial charge on any atom is -0.385 e. The van der Waals surface area contributed by atoms with E-state index >= 15 is 0 Å². The fourth-order valence-electron chi connectivity index (χ4n) is 1.85. The molecule has 0 saturated heterocycles. The SMILES string of the molecule is CO[C@@H]1CCCNc2ccccc21. The Hall–Kier alpha value is -1.02. The summed E-state index contributed by atoms with van der Waals surface area (Å²) in [6, 6.07) is 8.39. The number of rotatable bonds is 1. The van der Waals surface area contributed by atoms with Gasteiger partial charge in [0.25, 0.3) is 0 Å². The molecule has 1 aliphatic rings. The van der Waals surface area contributed by atoms with Crippen LogP contribution in [0.5, 0.6) is 0 Å². The molecule has 0 radical (unpaired) electrons. The Morgan fingerprint density at radius 3 is 3.08 bits per heavy atom. The molecule has 0 unspecified atom stereocenters. The first kappa shape index (κ1) is 8.57. The monoisotopic (exact) mass is 177 g/mol. The molecule has 0 spiro atoms. The van der Waals surface area contributed by atoms with E-state index in [4.69, 9.17) is 4.74 Å². The summed E-state index contributed by atoms with van der Waals surface area (Å²) in [6.07, 6.45) is 2.56. The Bertz CT molecular complexity index is 285. The van der Waals surface area contributed by atoms with E-state index in [1.54, 1.807) is 7.11 Å². The van der Waals surface area contributed by atoms with Crippen molar-refractivity contribution in [1.29, 1.82) is 0 Å². The number of benzene rings is 1. The number of para-hydroxylation sites is 1. The van der Waals surface area contributed by atoms with E-state index in [0.717, 1.165) is 13.0 Å². The fourth-order valence-corrected chi connectivity index (χ4v) is 1.85. The molecule has 1 aromatic carbocycles. The highest BCUT2D eigenvalue weighted by Crippen LogP contribution is 2.30. The van der Waals surface area contributed by atoms with Gasteiger partial charge < -0.3 is 10.1 Å². The summed E-state index contributed by atoms with van der Waals surface area (Å²) in [5, 5.41) is 3.41. The van der Waals surface area contributed by atoms with Crippen LogP contribution in [0.3, 0.4) is 0 Å². The average molecular weight is 177 g/mol. The highest BCUT2D eigenvalue weighted by atomic mass is 16.5. The fraction of sp³-hybridized carbons (Fsp3) is 0.455. The van der Waals surface area contributed by atoms with E-state index in [1.165, 1.54) is 17.7 Å². The van der Waals surface area contributed by atoms with Gasteiger partial charge >= 0.3 is 0 Å². The Morgan fingerprint density at radius 2 is 2.23 bits per heavy atom. The molecule has 1 heterocycles. The van der Waals surface area contributed by atoms with Crippen LogP contribution >= 0.6 is 0 Å². The van der Waals surface area contributed by atoms with Gasteiger partial charge in [-0.25, -0.2) is 0 Å². The second kappa shape index (κ2) is 3.79. The number of hydrogen-bond donors (Lipinski definition) is 1. The summed E-state index contributed by atoms with van der Waals surface area (Å²) < 4.78 is 5.46. The van der Waals surface area contributed by atoms with Crippen LogP contribution in [-0.4, -0.2) is 13.7 Å². The molecular weight excluding hydrogens is 162 g/mol. The third-order valence-electron chi connectivity index (χ3n) is 2.55. The third kappa shape index (κ3) is 1.68. The molecule has 0 aromatic heterocycles. The predicted molar refractivity (Wildman–Crippen MR) is 53.9 cm³/mol. The van der Waals surface area contributed by atoms with Gasteiger partial charge in [-0.15, -0.1) is 0 Å². The van der Waals surface area contributed by atoms with Crippen molar-refractivity contribution in [2.75, 3.05) is 19.0 Å². The minimum atomic E-state index is 0.270. The molecule has 13 heavy (non-hydrogen) atoms. The van der Waals surface area contributed by atoms with Gasteiger partial charge in [0.05, 0.1) is 6.10 Å².